The lowest BCUT2D eigenvalue weighted by Gasteiger charge is -2.30. The van der Waals surface area contributed by atoms with E-state index < -0.39 is 0 Å². The molecule has 2 heteroatoms. The van der Waals surface area contributed by atoms with Gasteiger partial charge in [0.1, 0.15) is 0 Å². The maximum absolute atomic E-state index is 4.79. The van der Waals surface area contributed by atoms with Gasteiger partial charge in [-0.25, -0.2) is 0 Å². The van der Waals surface area contributed by atoms with E-state index in [1.807, 2.05) is 30.6 Å². The molecule has 1 atom stereocenters. The monoisotopic (exact) mass is 348 g/mol. The SMILES string of the molecule is CCC1(c2ccccn2)c2ccccc2-c2ccc(-c3ccccn3)cc21. The number of nitrogens with zero attached hydrogens (tertiary/aromatic N) is 2. The van der Waals surface area contributed by atoms with E-state index in [1.165, 1.54) is 22.3 Å². The summed E-state index contributed by atoms with van der Waals surface area (Å²) in [6.45, 7) is 2.26. The number of benzene rings is 2. The van der Waals surface area contributed by atoms with E-state index in [2.05, 4.69) is 72.6 Å². The van der Waals surface area contributed by atoms with Crippen molar-refractivity contribution < 1.29 is 0 Å². The van der Waals surface area contributed by atoms with Crippen LogP contribution in [-0.4, -0.2) is 9.97 Å². The van der Waals surface area contributed by atoms with Crippen molar-refractivity contribution in [3.05, 3.63) is 108 Å². The third-order valence-corrected chi connectivity index (χ3v) is 5.75. The molecule has 2 heterocycles. The van der Waals surface area contributed by atoms with Crippen LogP contribution in [0.4, 0.5) is 0 Å². The van der Waals surface area contributed by atoms with Crippen LogP contribution < -0.4 is 0 Å². The second-order valence-electron chi connectivity index (χ2n) is 6.99. The van der Waals surface area contributed by atoms with Gasteiger partial charge in [-0.3, -0.25) is 9.97 Å². The normalized spacial score (nSPS) is 17.4. The molecule has 0 N–H and O–H groups in total. The summed E-state index contributed by atoms with van der Waals surface area (Å²) in [5.74, 6) is 0. The molecule has 0 saturated heterocycles. The lowest BCUT2D eigenvalue weighted by Crippen LogP contribution is -2.27. The zero-order valence-corrected chi connectivity index (χ0v) is 15.3. The van der Waals surface area contributed by atoms with Gasteiger partial charge in [0.05, 0.1) is 16.8 Å². The van der Waals surface area contributed by atoms with Crippen molar-refractivity contribution >= 4 is 0 Å². The summed E-state index contributed by atoms with van der Waals surface area (Å²) < 4.78 is 0. The van der Waals surface area contributed by atoms with Crippen molar-refractivity contribution in [3.8, 4) is 22.4 Å². The predicted molar refractivity (Wildman–Crippen MR) is 110 cm³/mol. The second-order valence-corrected chi connectivity index (χ2v) is 6.99. The summed E-state index contributed by atoms with van der Waals surface area (Å²) in [7, 11) is 0. The Hall–Kier alpha value is -3.26. The lowest BCUT2D eigenvalue weighted by molar-refractivity contribution is 0.589. The zero-order valence-electron chi connectivity index (χ0n) is 15.3. The maximum atomic E-state index is 4.79. The van der Waals surface area contributed by atoms with E-state index in [9.17, 15) is 0 Å². The Kier molecular flexibility index (Phi) is 3.64. The Bertz CT molecular complexity index is 1100. The Morgan fingerprint density at radius 2 is 1.44 bits per heavy atom. The maximum Gasteiger partial charge on any atom is 0.0702 e. The number of pyridine rings is 2. The van der Waals surface area contributed by atoms with Crippen LogP contribution in [0.5, 0.6) is 0 Å². The minimum atomic E-state index is -0.224. The highest BCUT2D eigenvalue weighted by Gasteiger charge is 2.44. The van der Waals surface area contributed by atoms with Gasteiger partial charge in [-0.15, -0.1) is 0 Å². The lowest BCUT2D eigenvalue weighted by atomic mass is 9.72. The van der Waals surface area contributed by atoms with Crippen LogP contribution in [0.3, 0.4) is 0 Å². The minimum Gasteiger partial charge on any atom is -0.260 e. The molecule has 0 amide bonds. The number of rotatable bonds is 3. The van der Waals surface area contributed by atoms with Crippen molar-refractivity contribution in [2.24, 2.45) is 0 Å². The van der Waals surface area contributed by atoms with Crippen molar-refractivity contribution in [1.29, 1.82) is 0 Å². The van der Waals surface area contributed by atoms with E-state index in [1.54, 1.807) is 0 Å². The van der Waals surface area contributed by atoms with E-state index in [-0.39, 0.29) is 5.41 Å². The van der Waals surface area contributed by atoms with Crippen molar-refractivity contribution in [3.63, 3.8) is 0 Å². The quantitative estimate of drug-likeness (QED) is 0.463. The van der Waals surface area contributed by atoms with Crippen molar-refractivity contribution in [2.45, 2.75) is 18.8 Å². The first-order valence-corrected chi connectivity index (χ1v) is 9.42. The first-order valence-electron chi connectivity index (χ1n) is 9.42. The van der Waals surface area contributed by atoms with E-state index in [0.29, 0.717) is 0 Å². The standard InChI is InChI=1S/C25H20N2/c1-2-25(24-12-6-8-16-27-24)21-10-4-3-9-19(21)20-14-13-18(17-22(20)25)23-11-5-7-15-26-23/h3-17H,2H2,1H3. The summed E-state index contributed by atoms with van der Waals surface area (Å²) in [5.41, 5.74) is 8.32. The average molecular weight is 348 g/mol. The summed E-state index contributed by atoms with van der Waals surface area (Å²) in [5, 5.41) is 0. The van der Waals surface area contributed by atoms with Gasteiger partial charge in [-0.05, 0) is 59.0 Å². The van der Waals surface area contributed by atoms with E-state index in [0.717, 1.165) is 23.4 Å². The van der Waals surface area contributed by atoms with Crippen LogP contribution in [0.15, 0.2) is 91.3 Å². The highest BCUT2D eigenvalue weighted by molar-refractivity contribution is 5.85. The molecule has 0 spiro atoms. The first kappa shape index (κ1) is 16.0. The fraction of sp³-hybridized carbons (Fsp3) is 0.120. The van der Waals surface area contributed by atoms with E-state index >= 15 is 0 Å². The molecule has 5 rings (SSSR count). The Morgan fingerprint density at radius 1 is 0.704 bits per heavy atom. The van der Waals surface area contributed by atoms with Crippen molar-refractivity contribution in [2.75, 3.05) is 0 Å². The number of hydrogen-bond donors (Lipinski definition) is 0. The summed E-state index contributed by atoms with van der Waals surface area (Å²) in [6.07, 6.45) is 4.71. The number of aromatic nitrogens is 2. The van der Waals surface area contributed by atoms with Gasteiger partial charge in [0.2, 0.25) is 0 Å². The summed E-state index contributed by atoms with van der Waals surface area (Å²) in [4.78, 5) is 9.34. The molecule has 2 aromatic carbocycles. The molecule has 0 bridgehead atoms. The van der Waals surface area contributed by atoms with Gasteiger partial charge in [0.25, 0.3) is 0 Å². The summed E-state index contributed by atoms with van der Waals surface area (Å²) >= 11 is 0. The second kappa shape index (κ2) is 6.17. The van der Waals surface area contributed by atoms with E-state index in [4.69, 9.17) is 4.98 Å². The molecule has 0 aliphatic heterocycles. The molecule has 4 aromatic rings. The van der Waals surface area contributed by atoms with Crippen LogP contribution in [0.25, 0.3) is 22.4 Å². The Balaban J connectivity index is 1.83. The minimum absolute atomic E-state index is 0.224. The van der Waals surface area contributed by atoms with Gasteiger partial charge in [0.15, 0.2) is 0 Å². The van der Waals surface area contributed by atoms with Gasteiger partial charge in [-0.2, -0.15) is 0 Å². The molecule has 0 radical (unpaired) electrons. The average Bonchev–Trinajstić information content (AvgIpc) is 3.05. The highest BCUT2D eigenvalue weighted by atomic mass is 14.7. The van der Waals surface area contributed by atoms with Crippen LogP contribution in [0.1, 0.15) is 30.2 Å². The Morgan fingerprint density at radius 3 is 2.19 bits per heavy atom. The zero-order chi connectivity index (χ0) is 18.3. The van der Waals surface area contributed by atoms with Gasteiger partial charge in [-0.1, -0.05) is 55.5 Å². The smallest absolute Gasteiger partial charge is 0.0702 e. The predicted octanol–water partition coefficient (Wildman–Crippen LogP) is 5.87. The molecular formula is C25H20N2. The van der Waals surface area contributed by atoms with Crippen LogP contribution in [-0.2, 0) is 5.41 Å². The molecule has 1 aliphatic rings. The molecular weight excluding hydrogens is 328 g/mol. The molecule has 130 valence electrons. The molecule has 0 saturated carbocycles. The van der Waals surface area contributed by atoms with Gasteiger partial charge >= 0.3 is 0 Å². The molecule has 0 fully saturated rings. The third-order valence-electron chi connectivity index (χ3n) is 5.75. The molecule has 27 heavy (non-hydrogen) atoms. The Labute approximate surface area is 159 Å². The first-order chi connectivity index (χ1) is 13.3. The van der Waals surface area contributed by atoms with Crippen LogP contribution in [0.2, 0.25) is 0 Å². The molecule has 1 aliphatic carbocycles. The summed E-state index contributed by atoms with van der Waals surface area (Å²) in [6, 6.07) is 27.8. The van der Waals surface area contributed by atoms with Crippen molar-refractivity contribution in [1.82, 2.24) is 9.97 Å². The number of fused-ring (bicyclic) bond motifs is 3. The number of hydrogen-bond acceptors (Lipinski definition) is 2. The molecule has 2 aromatic heterocycles. The highest BCUT2D eigenvalue weighted by Crippen LogP contribution is 2.54. The van der Waals surface area contributed by atoms with Gasteiger partial charge in [0, 0.05) is 18.0 Å². The third kappa shape index (κ3) is 2.26. The van der Waals surface area contributed by atoms with Crippen LogP contribution in [0, 0.1) is 0 Å². The fourth-order valence-corrected chi connectivity index (χ4v) is 4.51. The largest absolute Gasteiger partial charge is 0.260 e. The molecule has 2 nitrogen and oxygen atoms in total. The fourth-order valence-electron chi connectivity index (χ4n) is 4.51. The van der Waals surface area contributed by atoms with Gasteiger partial charge < -0.3 is 0 Å². The topological polar surface area (TPSA) is 25.8 Å². The van der Waals surface area contributed by atoms with Crippen LogP contribution >= 0.6 is 0 Å². The molecule has 1 unspecified atom stereocenters.